The van der Waals surface area contributed by atoms with E-state index in [1.54, 1.807) is 0 Å². The van der Waals surface area contributed by atoms with Gasteiger partial charge < -0.3 is 4.57 Å². The normalized spacial score (nSPS) is 12.9. The van der Waals surface area contributed by atoms with E-state index in [4.69, 9.17) is 0 Å². The van der Waals surface area contributed by atoms with E-state index in [1.807, 2.05) is 12.4 Å². The van der Waals surface area contributed by atoms with E-state index >= 15 is 0 Å². The maximum absolute atomic E-state index is 4.61. The first kappa shape index (κ1) is 32.0. The van der Waals surface area contributed by atoms with E-state index in [-0.39, 0.29) is 0 Å². The van der Waals surface area contributed by atoms with Gasteiger partial charge in [0.25, 0.3) is 0 Å². The number of hydrogen-bond acceptors (Lipinski definition) is 1. The molecule has 2 heterocycles. The van der Waals surface area contributed by atoms with E-state index in [0.29, 0.717) is 0 Å². The Bertz CT molecular complexity index is 3470. The van der Waals surface area contributed by atoms with Crippen molar-refractivity contribution in [3.8, 4) is 27.9 Å². The van der Waals surface area contributed by atoms with Crippen molar-refractivity contribution in [3.05, 3.63) is 211 Å². The summed E-state index contributed by atoms with van der Waals surface area (Å²) in [5.41, 5.74) is 13.8. The largest absolute Gasteiger partial charge is 0.309 e. The molecular weight excluding hydrogens is 689 g/mol. The average Bonchev–Trinajstić information content (AvgIpc) is 3.61. The van der Waals surface area contributed by atoms with Crippen LogP contribution in [0.4, 0.5) is 0 Å². The molecule has 57 heavy (non-hydrogen) atoms. The quantitative estimate of drug-likeness (QED) is 0.165. The van der Waals surface area contributed by atoms with E-state index in [1.165, 1.54) is 98.5 Å². The van der Waals surface area contributed by atoms with Gasteiger partial charge in [0, 0.05) is 28.9 Å². The molecule has 0 saturated heterocycles. The first-order chi connectivity index (χ1) is 28.3. The van der Waals surface area contributed by atoms with Gasteiger partial charge in [0.05, 0.1) is 11.0 Å². The lowest BCUT2D eigenvalue weighted by Crippen LogP contribution is -2.02. The van der Waals surface area contributed by atoms with Crippen molar-refractivity contribution in [1.82, 2.24) is 9.55 Å². The Morgan fingerprint density at radius 2 is 1.09 bits per heavy atom. The monoisotopic (exact) mass is 724 g/mol. The van der Waals surface area contributed by atoms with Gasteiger partial charge in [-0.2, -0.15) is 0 Å². The van der Waals surface area contributed by atoms with Gasteiger partial charge in [-0.05, 0) is 137 Å². The number of nitrogens with zero attached hydrogens (tertiary/aromatic N) is 2. The lowest BCUT2D eigenvalue weighted by Gasteiger charge is -2.24. The van der Waals surface area contributed by atoms with Crippen molar-refractivity contribution >= 4 is 70.5 Å². The lowest BCUT2D eigenvalue weighted by atomic mass is 9.79. The third kappa shape index (κ3) is 4.94. The molecule has 0 N–H and O–H groups in total. The second kappa shape index (κ2) is 12.6. The highest BCUT2D eigenvalue weighted by Crippen LogP contribution is 2.47. The summed E-state index contributed by atoms with van der Waals surface area (Å²) in [6.07, 6.45) is 8.50. The summed E-state index contributed by atoms with van der Waals surface area (Å²) in [6, 6.07) is 65.2. The molecule has 0 amide bonds. The highest BCUT2D eigenvalue weighted by Gasteiger charge is 2.23. The number of aryl methyl sites for hydroxylation is 1. The van der Waals surface area contributed by atoms with E-state index < -0.39 is 0 Å². The minimum Gasteiger partial charge on any atom is -0.309 e. The molecule has 2 nitrogen and oxygen atoms in total. The van der Waals surface area contributed by atoms with Crippen molar-refractivity contribution in [3.63, 3.8) is 0 Å². The van der Waals surface area contributed by atoms with Crippen molar-refractivity contribution in [1.29, 1.82) is 0 Å². The number of fused-ring (bicyclic) bond motifs is 8. The van der Waals surface area contributed by atoms with Gasteiger partial charge in [0.15, 0.2) is 0 Å². The number of rotatable bonds is 4. The molecule has 9 aromatic carbocycles. The molecule has 11 aromatic rings. The molecule has 0 aliphatic heterocycles. The van der Waals surface area contributed by atoms with Crippen LogP contribution in [0, 0.1) is 0 Å². The van der Waals surface area contributed by atoms with Crippen LogP contribution in [0.3, 0.4) is 0 Å². The molecule has 0 saturated carbocycles. The van der Waals surface area contributed by atoms with E-state index in [2.05, 4.69) is 192 Å². The molecule has 2 heteroatoms. The molecule has 0 fully saturated rings. The van der Waals surface area contributed by atoms with Crippen molar-refractivity contribution < 1.29 is 0 Å². The number of benzene rings is 9. The van der Waals surface area contributed by atoms with Gasteiger partial charge in [-0.1, -0.05) is 146 Å². The van der Waals surface area contributed by atoms with Crippen LogP contribution in [0.15, 0.2) is 194 Å². The standard InChI is InChI=1S/C55H36N2/c1-2-14-38-31-41(26-23-35(38)11-1)57-52-28-25-40(32-49(52)51-34-56-30-29-53(51)57)39-24-27-48-50(33-39)55(45-22-10-16-37-13-4-6-18-43(37)45)47-20-8-7-19-46(47)54(48)44-21-9-15-36-12-3-5-17-42(36)44/h1-8,10-14,16-34H,9,15H2. The fourth-order valence-corrected chi connectivity index (χ4v) is 9.74. The Morgan fingerprint density at radius 3 is 1.98 bits per heavy atom. The van der Waals surface area contributed by atoms with Crippen LogP contribution in [0.1, 0.15) is 23.1 Å². The number of hydrogen-bond donors (Lipinski definition) is 0. The summed E-state index contributed by atoms with van der Waals surface area (Å²) in [5.74, 6) is 0. The molecule has 0 unspecified atom stereocenters. The molecule has 1 aliphatic carbocycles. The number of pyridine rings is 1. The Kier molecular flexibility index (Phi) is 7.09. The lowest BCUT2D eigenvalue weighted by molar-refractivity contribution is 0.978. The Morgan fingerprint density at radius 1 is 0.421 bits per heavy atom. The summed E-state index contributed by atoms with van der Waals surface area (Å²) in [7, 11) is 0. The topological polar surface area (TPSA) is 17.8 Å². The maximum atomic E-state index is 4.61. The molecular formula is C55H36N2. The maximum Gasteiger partial charge on any atom is 0.0571 e. The van der Waals surface area contributed by atoms with E-state index in [9.17, 15) is 0 Å². The minimum absolute atomic E-state index is 1.03. The highest BCUT2D eigenvalue weighted by atomic mass is 15.0. The van der Waals surface area contributed by atoms with Gasteiger partial charge in [0.1, 0.15) is 0 Å². The molecule has 0 radical (unpaired) electrons. The van der Waals surface area contributed by atoms with Crippen molar-refractivity contribution in [2.45, 2.75) is 12.8 Å². The van der Waals surface area contributed by atoms with Gasteiger partial charge in [-0.15, -0.1) is 0 Å². The first-order valence-electron chi connectivity index (χ1n) is 19.9. The molecule has 1 aliphatic rings. The summed E-state index contributed by atoms with van der Waals surface area (Å²) < 4.78 is 2.38. The summed E-state index contributed by atoms with van der Waals surface area (Å²) in [4.78, 5) is 4.61. The molecule has 0 spiro atoms. The van der Waals surface area contributed by atoms with Crippen molar-refractivity contribution in [2.24, 2.45) is 0 Å². The second-order valence-electron chi connectivity index (χ2n) is 15.4. The highest BCUT2D eigenvalue weighted by molar-refractivity contribution is 6.23. The molecule has 12 rings (SSSR count). The van der Waals surface area contributed by atoms with Crippen LogP contribution < -0.4 is 0 Å². The predicted octanol–water partition coefficient (Wildman–Crippen LogP) is 14.5. The first-order valence-corrected chi connectivity index (χ1v) is 19.9. The fourth-order valence-electron chi connectivity index (χ4n) is 9.74. The minimum atomic E-state index is 1.03. The van der Waals surface area contributed by atoms with Gasteiger partial charge in [-0.3, -0.25) is 4.98 Å². The Labute approximate surface area is 330 Å². The molecule has 0 bridgehead atoms. The molecule has 0 atom stereocenters. The predicted molar refractivity (Wildman–Crippen MR) is 241 cm³/mol. The van der Waals surface area contributed by atoms with Crippen LogP contribution in [0.5, 0.6) is 0 Å². The van der Waals surface area contributed by atoms with Gasteiger partial charge in [0.2, 0.25) is 0 Å². The summed E-state index contributed by atoms with van der Waals surface area (Å²) in [5, 5.41) is 12.4. The third-order valence-corrected chi connectivity index (χ3v) is 12.3. The smallest absolute Gasteiger partial charge is 0.0571 e. The second-order valence-corrected chi connectivity index (χ2v) is 15.4. The van der Waals surface area contributed by atoms with Crippen LogP contribution in [-0.2, 0) is 6.42 Å². The fraction of sp³-hybridized carbons (Fsp3) is 0.0364. The molecule has 2 aromatic heterocycles. The zero-order valence-electron chi connectivity index (χ0n) is 31.3. The zero-order chi connectivity index (χ0) is 37.5. The SMILES string of the molecule is C1=C(c2c3ccccc3c(-c3cccc4ccccc34)c3cc(-c4ccc5c(c4)c4cnccc4n5-c4ccc5ccccc5c4)ccc23)c2ccccc2CC1. The van der Waals surface area contributed by atoms with Gasteiger partial charge >= 0.3 is 0 Å². The van der Waals surface area contributed by atoms with Crippen LogP contribution in [-0.4, -0.2) is 9.55 Å². The third-order valence-electron chi connectivity index (χ3n) is 12.3. The zero-order valence-corrected chi connectivity index (χ0v) is 31.3. The summed E-state index contributed by atoms with van der Waals surface area (Å²) in [6.45, 7) is 0. The van der Waals surface area contributed by atoms with Crippen LogP contribution >= 0.6 is 0 Å². The average molecular weight is 725 g/mol. The summed E-state index contributed by atoms with van der Waals surface area (Å²) >= 11 is 0. The Balaban J connectivity index is 1.14. The number of allylic oxidation sites excluding steroid dienone is 1. The number of aromatic nitrogens is 2. The van der Waals surface area contributed by atoms with Crippen LogP contribution in [0.2, 0.25) is 0 Å². The molecule has 266 valence electrons. The Hall–Kier alpha value is -7.29. The van der Waals surface area contributed by atoms with E-state index in [0.717, 1.165) is 29.4 Å². The van der Waals surface area contributed by atoms with Crippen LogP contribution in [0.25, 0.3) is 98.4 Å². The van der Waals surface area contributed by atoms with Gasteiger partial charge in [-0.25, -0.2) is 0 Å². The van der Waals surface area contributed by atoms with Crippen molar-refractivity contribution in [2.75, 3.05) is 0 Å².